The lowest BCUT2D eigenvalue weighted by molar-refractivity contribution is 0.0551. The summed E-state index contributed by atoms with van der Waals surface area (Å²) in [7, 11) is 1.88. The minimum atomic E-state index is -0.997. The summed E-state index contributed by atoms with van der Waals surface area (Å²) in [5.41, 5.74) is 2.57. The number of aryl methyl sites for hydroxylation is 2. The Hall–Kier alpha value is -2.03. The van der Waals surface area contributed by atoms with Crippen molar-refractivity contribution in [3.05, 3.63) is 46.2 Å². The molecule has 0 bridgehead atoms. The first-order chi connectivity index (χ1) is 10.3. The van der Waals surface area contributed by atoms with Crippen LogP contribution in [-0.4, -0.2) is 16.2 Å². The Morgan fingerprint density at radius 2 is 2.05 bits per heavy atom. The van der Waals surface area contributed by atoms with Crippen molar-refractivity contribution < 1.29 is 9.52 Å². The van der Waals surface area contributed by atoms with Crippen LogP contribution in [0.1, 0.15) is 41.0 Å². The van der Waals surface area contributed by atoms with Crippen LogP contribution < -0.4 is 5.32 Å². The van der Waals surface area contributed by atoms with E-state index in [9.17, 15) is 5.11 Å². The van der Waals surface area contributed by atoms with Crippen molar-refractivity contribution in [1.29, 1.82) is 5.26 Å². The van der Waals surface area contributed by atoms with E-state index in [1.165, 1.54) is 0 Å². The molecule has 5 heteroatoms. The Morgan fingerprint density at radius 1 is 1.36 bits per heavy atom. The topological polar surface area (TPSA) is 74.1 Å². The second-order valence-electron chi connectivity index (χ2n) is 6.02. The van der Waals surface area contributed by atoms with Gasteiger partial charge < -0.3 is 19.4 Å². The number of nitrogens with zero attached hydrogens (tertiary/aromatic N) is 2. The smallest absolute Gasteiger partial charge is 0.120 e. The molecule has 1 unspecified atom stereocenters. The van der Waals surface area contributed by atoms with Crippen LogP contribution in [0.4, 0.5) is 0 Å². The Morgan fingerprint density at radius 3 is 2.55 bits per heavy atom. The molecular weight excluding hydrogens is 278 g/mol. The fraction of sp³-hybridized carbons (Fsp3) is 0.471. The first-order valence-electron chi connectivity index (χ1n) is 7.32. The van der Waals surface area contributed by atoms with E-state index in [1.807, 2.05) is 44.5 Å². The first-order valence-corrected chi connectivity index (χ1v) is 7.32. The number of hydrogen-bond acceptors (Lipinski definition) is 4. The van der Waals surface area contributed by atoms with E-state index in [2.05, 4.69) is 11.4 Å². The zero-order chi connectivity index (χ0) is 16.5. The van der Waals surface area contributed by atoms with Gasteiger partial charge in [0.1, 0.15) is 28.9 Å². The van der Waals surface area contributed by atoms with Crippen LogP contribution in [0, 0.1) is 32.1 Å². The normalized spacial score (nSPS) is 13.9. The molecule has 1 atom stereocenters. The van der Waals surface area contributed by atoms with Crippen molar-refractivity contribution in [3.8, 4) is 6.07 Å². The summed E-state index contributed by atoms with van der Waals surface area (Å²) < 4.78 is 7.36. The minimum absolute atomic E-state index is 0.406. The Labute approximate surface area is 131 Å². The Bertz CT molecular complexity index is 717. The van der Waals surface area contributed by atoms with Crippen LogP contribution >= 0.6 is 0 Å². The van der Waals surface area contributed by atoms with E-state index in [4.69, 9.17) is 9.68 Å². The SMILES string of the molecule is Cc1cc(C(C)(O)CNCc2cc(C#N)n(C)c2C)c(C)o1. The van der Waals surface area contributed by atoms with Crippen molar-refractivity contribution in [3.63, 3.8) is 0 Å². The fourth-order valence-electron chi connectivity index (χ4n) is 2.75. The van der Waals surface area contributed by atoms with Crippen LogP contribution in [0.15, 0.2) is 16.5 Å². The molecule has 2 aromatic rings. The highest BCUT2D eigenvalue weighted by Gasteiger charge is 2.27. The third-order valence-electron chi connectivity index (χ3n) is 4.16. The fourth-order valence-corrected chi connectivity index (χ4v) is 2.75. The molecule has 2 rings (SSSR count). The number of aliphatic hydroxyl groups is 1. The number of nitriles is 1. The highest BCUT2D eigenvalue weighted by molar-refractivity contribution is 5.34. The zero-order valence-electron chi connectivity index (χ0n) is 13.8. The van der Waals surface area contributed by atoms with Gasteiger partial charge in [-0.05, 0) is 45.4 Å². The van der Waals surface area contributed by atoms with Gasteiger partial charge in [-0.25, -0.2) is 0 Å². The standard InChI is InChI=1S/C17H23N3O2/c1-11-6-16(13(3)22-11)17(4,21)10-19-9-14-7-15(8-18)20(5)12(14)2/h6-7,19,21H,9-10H2,1-5H3. The van der Waals surface area contributed by atoms with Gasteiger partial charge in [-0.2, -0.15) is 5.26 Å². The molecule has 0 amide bonds. The molecule has 2 aromatic heterocycles. The summed E-state index contributed by atoms with van der Waals surface area (Å²) in [5, 5.41) is 23.0. The van der Waals surface area contributed by atoms with E-state index in [0.29, 0.717) is 18.8 Å². The summed E-state index contributed by atoms with van der Waals surface area (Å²) in [6.45, 7) is 8.50. The van der Waals surface area contributed by atoms with Gasteiger partial charge in [0.25, 0.3) is 0 Å². The summed E-state index contributed by atoms with van der Waals surface area (Å²) in [5.74, 6) is 1.54. The zero-order valence-corrected chi connectivity index (χ0v) is 13.8. The molecule has 0 aliphatic carbocycles. The quantitative estimate of drug-likeness (QED) is 0.889. The molecule has 0 fully saturated rings. The van der Waals surface area contributed by atoms with E-state index < -0.39 is 5.60 Å². The molecule has 2 N–H and O–H groups in total. The molecule has 22 heavy (non-hydrogen) atoms. The van der Waals surface area contributed by atoms with Gasteiger partial charge >= 0.3 is 0 Å². The number of rotatable bonds is 5. The molecule has 0 spiro atoms. The van der Waals surface area contributed by atoms with E-state index in [1.54, 1.807) is 6.92 Å². The van der Waals surface area contributed by atoms with Gasteiger partial charge in [0.2, 0.25) is 0 Å². The molecule has 0 saturated heterocycles. The van der Waals surface area contributed by atoms with Crippen molar-refractivity contribution in [2.75, 3.05) is 6.54 Å². The first kappa shape index (κ1) is 16.3. The monoisotopic (exact) mass is 301 g/mol. The van der Waals surface area contributed by atoms with Gasteiger partial charge in [-0.15, -0.1) is 0 Å². The van der Waals surface area contributed by atoms with E-state index in [-0.39, 0.29) is 0 Å². The number of furan rings is 1. The van der Waals surface area contributed by atoms with Crippen molar-refractivity contribution in [2.45, 2.75) is 39.8 Å². The van der Waals surface area contributed by atoms with Crippen LogP contribution in [0.5, 0.6) is 0 Å². The molecule has 0 saturated carbocycles. The number of hydrogen-bond donors (Lipinski definition) is 2. The molecule has 5 nitrogen and oxygen atoms in total. The van der Waals surface area contributed by atoms with Crippen LogP contribution in [0.25, 0.3) is 0 Å². The third kappa shape index (κ3) is 3.08. The van der Waals surface area contributed by atoms with Gasteiger partial charge in [0.15, 0.2) is 0 Å². The maximum absolute atomic E-state index is 10.7. The van der Waals surface area contributed by atoms with E-state index >= 15 is 0 Å². The summed E-state index contributed by atoms with van der Waals surface area (Å²) in [4.78, 5) is 0. The average Bonchev–Trinajstić information content (AvgIpc) is 2.92. The highest BCUT2D eigenvalue weighted by atomic mass is 16.3. The highest BCUT2D eigenvalue weighted by Crippen LogP contribution is 2.26. The average molecular weight is 301 g/mol. The van der Waals surface area contributed by atoms with Gasteiger partial charge in [-0.3, -0.25) is 0 Å². The molecule has 118 valence electrons. The lowest BCUT2D eigenvalue weighted by Gasteiger charge is -2.23. The summed E-state index contributed by atoms with van der Waals surface area (Å²) in [6, 6.07) is 5.93. The van der Waals surface area contributed by atoms with Crippen LogP contribution in [0.2, 0.25) is 0 Å². The van der Waals surface area contributed by atoms with Crippen molar-refractivity contribution >= 4 is 0 Å². The van der Waals surface area contributed by atoms with E-state index in [0.717, 1.165) is 28.3 Å². The van der Waals surface area contributed by atoms with Crippen molar-refractivity contribution in [1.82, 2.24) is 9.88 Å². The van der Waals surface area contributed by atoms with Gasteiger partial charge in [0.05, 0.1) is 0 Å². The number of aromatic nitrogens is 1. The van der Waals surface area contributed by atoms with Crippen molar-refractivity contribution in [2.24, 2.45) is 7.05 Å². The van der Waals surface area contributed by atoms with Crippen LogP contribution in [-0.2, 0) is 19.2 Å². The molecule has 0 aliphatic rings. The maximum atomic E-state index is 10.7. The number of nitrogens with one attached hydrogen (secondary N) is 1. The largest absolute Gasteiger partial charge is 0.466 e. The van der Waals surface area contributed by atoms with Gasteiger partial charge in [-0.1, -0.05) is 0 Å². The molecular formula is C17H23N3O2. The lowest BCUT2D eigenvalue weighted by Crippen LogP contribution is -2.35. The Balaban J connectivity index is 2.05. The van der Waals surface area contributed by atoms with Crippen LogP contribution in [0.3, 0.4) is 0 Å². The second kappa shape index (κ2) is 5.99. The summed E-state index contributed by atoms with van der Waals surface area (Å²) >= 11 is 0. The molecule has 2 heterocycles. The lowest BCUT2D eigenvalue weighted by atomic mass is 9.96. The summed E-state index contributed by atoms with van der Waals surface area (Å²) in [6.07, 6.45) is 0. The second-order valence-corrected chi connectivity index (χ2v) is 6.02. The van der Waals surface area contributed by atoms with Gasteiger partial charge in [0, 0.05) is 31.4 Å². The molecule has 0 radical (unpaired) electrons. The minimum Gasteiger partial charge on any atom is -0.466 e. The molecule has 0 aromatic carbocycles. The maximum Gasteiger partial charge on any atom is 0.120 e. The molecule has 0 aliphatic heterocycles. The Kier molecular flexibility index (Phi) is 4.45. The predicted molar refractivity (Wildman–Crippen MR) is 84.3 cm³/mol. The predicted octanol–water partition coefficient (Wildman–Crippen LogP) is 2.41. The third-order valence-corrected chi connectivity index (χ3v) is 4.16.